The number of benzene rings is 2. The molecule has 0 N–H and O–H groups in total. The van der Waals surface area contributed by atoms with Crippen LogP contribution in [0, 0.1) is 11.8 Å². The number of hydrogen-bond donors (Lipinski definition) is 0. The van der Waals surface area contributed by atoms with Crippen molar-refractivity contribution in [2.45, 2.75) is 32.6 Å². The average Bonchev–Trinajstić information content (AvgIpc) is 2.66. The molecule has 0 aliphatic carbocycles. The van der Waals surface area contributed by atoms with Gasteiger partial charge in [0.2, 0.25) is 0 Å². The zero-order valence-electron chi connectivity index (χ0n) is 14.7. The number of carbonyl (C=O) groups excluding carboxylic acids is 1. The molecule has 0 saturated heterocycles. The summed E-state index contributed by atoms with van der Waals surface area (Å²) in [5, 5.41) is 0. The molecule has 0 aliphatic heterocycles. The lowest BCUT2D eigenvalue weighted by molar-refractivity contribution is 0.0549. The van der Waals surface area contributed by atoms with E-state index < -0.39 is 0 Å². The molecular formula is C23H24O2. The Bertz CT molecular complexity index is 748. The molecule has 0 heterocycles. The summed E-state index contributed by atoms with van der Waals surface area (Å²) in [6, 6.07) is 17.5. The standard InChI is InChI=1S/C23H24O2/c1-2-3-4-8-16-21-17-9-10-18-22(21)23(24)25-19-12-11-15-20-13-6-5-7-14-20/h5-7,9-14,17-18H,2-4,15,19H2,1H3/b12-11+. The molecule has 0 bridgehead atoms. The van der Waals surface area contributed by atoms with Gasteiger partial charge in [0.15, 0.2) is 0 Å². The SMILES string of the molecule is CCCCC#Cc1ccccc1C(=O)OC/C=C/Cc1ccccc1. The second-order valence-corrected chi connectivity index (χ2v) is 5.71. The van der Waals surface area contributed by atoms with Crippen molar-refractivity contribution < 1.29 is 9.53 Å². The van der Waals surface area contributed by atoms with Crippen LogP contribution in [0.25, 0.3) is 0 Å². The van der Waals surface area contributed by atoms with E-state index in [2.05, 4.69) is 30.9 Å². The molecule has 0 unspecified atom stereocenters. The third-order valence-corrected chi connectivity index (χ3v) is 3.70. The highest BCUT2D eigenvalue weighted by atomic mass is 16.5. The second-order valence-electron chi connectivity index (χ2n) is 5.71. The minimum absolute atomic E-state index is 0.267. The number of allylic oxidation sites excluding steroid dienone is 1. The molecule has 0 atom stereocenters. The van der Waals surface area contributed by atoms with E-state index in [9.17, 15) is 4.79 Å². The Kier molecular flexibility index (Phi) is 8.08. The Morgan fingerprint density at radius 2 is 1.80 bits per heavy atom. The normalized spacial score (nSPS) is 10.3. The molecule has 2 aromatic rings. The van der Waals surface area contributed by atoms with Crippen molar-refractivity contribution in [3.05, 3.63) is 83.4 Å². The summed E-state index contributed by atoms with van der Waals surface area (Å²) in [5.41, 5.74) is 2.50. The molecule has 0 aliphatic rings. The maximum atomic E-state index is 12.3. The van der Waals surface area contributed by atoms with Crippen molar-refractivity contribution >= 4 is 5.97 Å². The molecule has 0 spiro atoms. The van der Waals surface area contributed by atoms with Crippen LogP contribution in [0.3, 0.4) is 0 Å². The summed E-state index contributed by atoms with van der Waals surface area (Å²) in [6.07, 6.45) is 7.76. The number of rotatable bonds is 7. The number of ether oxygens (including phenoxy) is 1. The third-order valence-electron chi connectivity index (χ3n) is 3.70. The van der Waals surface area contributed by atoms with Crippen molar-refractivity contribution in [2.24, 2.45) is 0 Å². The van der Waals surface area contributed by atoms with Gasteiger partial charge in [-0.3, -0.25) is 0 Å². The van der Waals surface area contributed by atoms with E-state index >= 15 is 0 Å². The van der Waals surface area contributed by atoms with Crippen molar-refractivity contribution in [2.75, 3.05) is 6.61 Å². The lowest BCUT2D eigenvalue weighted by atomic mass is 10.1. The van der Waals surface area contributed by atoms with E-state index in [-0.39, 0.29) is 12.6 Å². The van der Waals surface area contributed by atoms with Crippen LogP contribution in [0.4, 0.5) is 0 Å². The van der Waals surface area contributed by atoms with Crippen molar-refractivity contribution in [3.63, 3.8) is 0 Å². The molecular weight excluding hydrogens is 308 g/mol. The van der Waals surface area contributed by atoms with E-state index in [4.69, 9.17) is 4.74 Å². The van der Waals surface area contributed by atoms with E-state index in [0.29, 0.717) is 5.56 Å². The summed E-state index contributed by atoms with van der Waals surface area (Å²) in [6.45, 7) is 2.40. The monoisotopic (exact) mass is 332 g/mol. The summed E-state index contributed by atoms with van der Waals surface area (Å²) in [5.74, 6) is 5.87. The maximum Gasteiger partial charge on any atom is 0.339 e. The fraction of sp³-hybridized carbons (Fsp3) is 0.261. The van der Waals surface area contributed by atoms with Crippen molar-refractivity contribution in [3.8, 4) is 11.8 Å². The van der Waals surface area contributed by atoms with E-state index in [1.807, 2.05) is 48.6 Å². The molecule has 0 fully saturated rings. The van der Waals surface area contributed by atoms with Gasteiger partial charge in [-0.05, 0) is 30.5 Å². The highest BCUT2D eigenvalue weighted by Crippen LogP contribution is 2.09. The Morgan fingerprint density at radius 3 is 2.60 bits per heavy atom. The number of unbranched alkanes of at least 4 members (excludes halogenated alkanes) is 2. The third kappa shape index (κ3) is 6.69. The van der Waals surface area contributed by atoms with Gasteiger partial charge in [-0.1, -0.05) is 79.8 Å². The van der Waals surface area contributed by atoms with E-state index in [1.165, 1.54) is 5.56 Å². The van der Waals surface area contributed by atoms with Gasteiger partial charge >= 0.3 is 5.97 Å². The quantitative estimate of drug-likeness (QED) is 0.302. The van der Waals surface area contributed by atoms with Crippen molar-refractivity contribution in [1.29, 1.82) is 0 Å². The van der Waals surface area contributed by atoms with Crippen LogP contribution >= 0.6 is 0 Å². The Hall–Kier alpha value is -2.79. The first-order valence-corrected chi connectivity index (χ1v) is 8.75. The minimum Gasteiger partial charge on any atom is -0.458 e. The van der Waals surface area contributed by atoms with Crippen LogP contribution in [-0.4, -0.2) is 12.6 Å². The lowest BCUT2D eigenvalue weighted by Crippen LogP contribution is -2.07. The Morgan fingerprint density at radius 1 is 1.04 bits per heavy atom. The van der Waals surface area contributed by atoms with E-state index in [1.54, 1.807) is 6.07 Å². The first-order chi connectivity index (χ1) is 12.3. The topological polar surface area (TPSA) is 26.3 Å². The first kappa shape index (κ1) is 18.5. The molecule has 0 amide bonds. The van der Waals surface area contributed by atoms with Crippen molar-refractivity contribution in [1.82, 2.24) is 0 Å². The van der Waals surface area contributed by atoms with Crippen LogP contribution in [0.1, 0.15) is 47.7 Å². The Labute approximate surface area is 150 Å². The minimum atomic E-state index is -0.329. The van der Waals surface area contributed by atoms with Crippen LogP contribution in [0.2, 0.25) is 0 Å². The van der Waals surface area contributed by atoms with Crippen LogP contribution in [-0.2, 0) is 11.2 Å². The van der Waals surface area contributed by atoms with Gasteiger partial charge in [0, 0.05) is 12.0 Å². The highest BCUT2D eigenvalue weighted by molar-refractivity contribution is 5.92. The number of esters is 1. The van der Waals surface area contributed by atoms with Gasteiger partial charge in [0.1, 0.15) is 6.61 Å². The van der Waals surface area contributed by atoms with Gasteiger partial charge < -0.3 is 4.74 Å². The van der Waals surface area contributed by atoms with Crippen LogP contribution in [0.15, 0.2) is 66.7 Å². The van der Waals surface area contributed by atoms with Crippen LogP contribution < -0.4 is 0 Å². The molecule has 2 heteroatoms. The summed E-state index contributed by atoms with van der Waals surface area (Å²) < 4.78 is 5.34. The average molecular weight is 332 g/mol. The predicted molar refractivity (Wildman–Crippen MR) is 102 cm³/mol. The molecule has 2 rings (SSSR count). The predicted octanol–water partition coefficient (Wildman–Crippen LogP) is 5.18. The fourth-order valence-electron chi connectivity index (χ4n) is 2.30. The van der Waals surface area contributed by atoms with Crippen LogP contribution in [0.5, 0.6) is 0 Å². The van der Waals surface area contributed by atoms with Gasteiger partial charge in [-0.15, -0.1) is 0 Å². The smallest absolute Gasteiger partial charge is 0.339 e. The zero-order chi connectivity index (χ0) is 17.7. The number of carbonyl (C=O) groups is 1. The fourth-order valence-corrected chi connectivity index (χ4v) is 2.30. The zero-order valence-corrected chi connectivity index (χ0v) is 14.7. The van der Waals surface area contributed by atoms with Gasteiger partial charge in [0.25, 0.3) is 0 Å². The molecule has 128 valence electrons. The Balaban J connectivity index is 1.87. The summed E-state index contributed by atoms with van der Waals surface area (Å²) in [4.78, 5) is 12.3. The molecule has 2 nitrogen and oxygen atoms in total. The molecule has 0 radical (unpaired) electrons. The first-order valence-electron chi connectivity index (χ1n) is 8.75. The lowest BCUT2D eigenvalue weighted by Gasteiger charge is -2.04. The molecule has 25 heavy (non-hydrogen) atoms. The maximum absolute atomic E-state index is 12.3. The molecule has 2 aromatic carbocycles. The highest BCUT2D eigenvalue weighted by Gasteiger charge is 2.10. The molecule has 0 saturated carbocycles. The molecule has 0 aromatic heterocycles. The van der Waals surface area contributed by atoms with Gasteiger partial charge in [-0.25, -0.2) is 4.79 Å². The van der Waals surface area contributed by atoms with E-state index in [0.717, 1.165) is 31.2 Å². The summed E-state index contributed by atoms with van der Waals surface area (Å²) in [7, 11) is 0. The van der Waals surface area contributed by atoms with Gasteiger partial charge in [0.05, 0.1) is 5.56 Å². The van der Waals surface area contributed by atoms with Gasteiger partial charge in [-0.2, -0.15) is 0 Å². The summed E-state index contributed by atoms with van der Waals surface area (Å²) >= 11 is 0. The largest absolute Gasteiger partial charge is 0.458 e. The number of hydrogen-bond acceptors (Lipinski definition) is 2. The second kappa shape index (κ2) is 10.9.